The number of hydrogen-bond donors (Lipinski definition) is 1. The summed E-state index contributed by atoms with van der Waals surface area (Å²) in [6.45, 7) is 2.17. The molecule has 21 heavy (non-hydrogen) atoms. The second kappa shape index (κ2) is 7.67. The predicted octanol–water partition coefficient (Wildman–Crippen LogP) is 2.03. The summed E-state index contributed by atoms with van der Waals surface area (Å²) in [5.41, 5.74) is 0.999. The molecule has 0 aliphatic carbocycles. The van der Waals surface area contributed by atoms with Crippen molar-refractivity contribution in [3.8, 4) is 0 Å². The summed E-state index contributed by atoms with van der Waals surface area (Å²) in [5, 5.41) is 3.35. The Labute approximate surface area is 126 Å². The van der Waals surface area contributed by atoms with Gasteiger partial charge in [-0.3, -0.25) is 4.79 Å². The lowest BCUT2D eigenvalue weighted by molar-refractivity contribution is -0.127. The molecule has 1 heterocycles. The summed E-state index contributed by atoms with van der Waals surface area (Å²) in [7, 11) is 3.51. The first kappa shape index (κ1) is 15.4. The van der Waals surface area contributed by atoms with E-state index in [2.05, 4.69) is 15.2 Å². The van der Waals surface area contributed by atoms with Gasteiger partial charge in [-0.25, -0.2) is 4.99 Å². The van der Waals surface area contributed by atoms with Crippen LogP contribution in [0.4, 0.5) is 5.69 Å². The van der Waals surface area contributed by atoms with Crippen molar-refractivity contribution in [2.24, 2.45) is 4.99 Å². The van der Waals surface area contributed by atoms with Crippen molar-refractivity contribution in [3.05, 3.63) is 30.3 Å². The van der Waals surface area contributed by atoms with Crippen molar-refractivity contribution in [1.82, 2.24) is 9.80 Å². The molecule has 1 aromatic rings. The molecule has 0 spiro atoms. The number of anilines is 1. The average Bonchev–Trinajstić information content (AvgIpc) is 2.52. The van der Waals surface area contributed by atoms with Gasteiger partial charge in [0, 0.05) is 32.9 Å². The third kappa shape index (κ3) is 4.77. The molecule has 1 aliphatic heterocycles. The lowest BCUT2D eigenvalue weighted by atomic mass is 10.1. The Morgan fingerprint density at radius 3 is 2.48 bits per heavy atom. The van der Waals surface area contributed by atoms with Crippen molar-refractivity contribution in [1.29, 1.82) is 0 Å². The highest BCUT2D eigenvalue weighted by Gasteiger charge is 2.15. The van der Waals surface area contributed by atoms with E-state index >= 15 is 0 Å². The topological polar surface area (TPSA) is 47.9 Å². The second-order valence-electron chi connectivity index (χ2n) is 5.47. The Balaban J connectivity index is 2.09. The Bertz CT molecular complexity index is 478. The number of benzene rings is 1. The second-order valence-corrected chi connectivity index (χ2v) is 5.47. The van der Waals surface area contributed by atoms with Crippen LogP contribution in [0.15, 0.2) is 35.3 Å². The van der Waals surface area contributed by atoms with Crippen molar-refractivity contribution in [2.45, 2.75) is 19.3 Å². The van der Waals surface area contributed by atoms with E-state index in [1.54, 1.807) is 19.0 Å². The molecule has 1 saturated heterocycles. The quantitative estimate of drug-likeness (QED) is 0.684. The Morgan fingerprint density at radius 2 is 1.86 bits per heavy atom. The number of amides is 1. The van der Waals surface area contributed by atoms with Crippen molar-refractivity contribution >= 4 is 17.6 Å². The first-order valence-corrected chi connectivity index (χ1v) is 7.48. The Morgan fingerprint density at radius 1 is 1.19 bits per heavy atom. The van der Waals surface area contributed by atoms with Crippen LogP contribution in [0.3, 0.4) is 0 Å². The lowest BCUT2D eigenvalue weighted by Crippen LogP contribution is -2.40. The number of aliphatic imine (C=N–C) groups is 1. The Kier molecular flexibility index (Phi) is 5.60. The molecule has 1 aromatic carbocycles. The zero-order valence-corrected chi connectivity index (χ0v) is 12.9. The molecule has 5 nitrogen and oxygen atoms in total. The number of nitrogens with zero attached hydrogens (tertiary/aromatic N) is 3. The molecule has 0 bridgehead atoms. The van der Waals surface area contributed by atoms with Crippen LogP contribution in [-0.4, -0.2) is 55.4 Å². The number of carbonyl (C=O) groups excluding carboxylic acids is 1. The third-order valence-corrected chi connectivity index (χ3v) is 3.55. The maximum absolute atomic E-state index is 11.8. The van der Waals surface area contributed by atoms with Crippen molar-refractivity contribution in [3.63, 3.8) is 0 Å². The molecule has 0 saturated carbocycles. The first-order chi connectivity index (χ1) is 10.2. The van der Waals surface area contributed by atoms with E-state index in [0.717, 1.165) is 24.7 Å². The number of likely N-dealkylation sites (N-methyl/N-ethyl adjacent to an activating group) is 1. The van der Waals surface area contributed by atoms with Gasteiger partial charge in [0.1, 0.15) is 6.54 Å². The van der Waals surface area contributed by atoms with E-state index in [0.29, 0.717) is 0 Å². The van der Waals surface area contributed by atoms with E-state index in [4.69, 9.17) is 0 Å². The maximum atomic E-state index is 11.8. The molecule has 5 heteroatoms. The summed E-state index contributed by atoms with van der Waals surface area (Å²) < 4.78 is 0. The highest BCUT2D eigenvalue weighted by Crippen LogP contribution is 2.12. The zero-order chi connectivity index (χ0) is 15.1. The molecule has 1 amide bonds. The van der Waals surface area contributed by atoms with Gasteiger partial charge in [-0.15, -0.1) is 0 Å². The van der Waals surface area contributed by atoms with E-state index in [9.17, 15) is 4.79 Å². The molecule has 1 fully saturated rings. The van der Waals surface area contributed by atoms with Gasteiger partial charge >= 0.3 is 0 Å². The van der Waals surface area contributed by atoms with Crippen molar-refractivity contribution in [2.75, 3.05) is 39.0 Å². The number of likely N-dealkylation sites (tertiary alicyclic amines) is 1. The monoisotopic (exact) mass is 288 g/mol. The van der Waals surface area contributed by atoms with E-state index < -0.39 is 0 Å². The molecular weight excluding hydrogens is 264 g/mol. The number of rotatable bonds is 3. The third-order valence-electron chi connectivity index (χ3n) is 3.55. The number of nitrogens with one attached hydrogen (secondary N) is 1. The summed E-state index contributed by atoms with van der Waals surface area (Å²) in [6.07, 6.45) is 3.62. The highest BCUT2D eigenvalue weighted by atomic mass is 16.2. The molecule has 0 aromatic heterocycles. The molecule has 2 rings (SSSR count). The SMILES string of the molecule is CN(C)C(=O)CN=C(Nc1ccccc1)N1CCCCC1. The number of piperidine rings is 1. The largest absolute Gasteiger partial charge is 0.347 e. The van der Waals surface area contributed by atoms with Crippen LogP contribution in [-0.2, 0) is 4.79 Å². The summed E-state index contributed by atoms with van der Waals surface area (Å²) in [5.74, 6) is 0.815. The van der Waals surface area contributed by atoms with Crippen LogP contribution in [0.2, 0.25) is 0 Å². The van der Waals surface area contributed by atoms with E-state index in [1.165, 1.54) is 19.3 Å². The van der Waals surface area contributed by atoms with Gasteiger partial charge in [0.2, 0.25) is 5.91 Å². The van der Waals surface area contributed by atoms with Gasteiger partial charge < -0.3 is 15.1 Å². The van der Waals surface area contributed by atoms with Gasteiger partial charge in [0.15, 0.2) is 5.96 Å². The average molecular weight is 288 g/mol. The predicted molar refractivity (Wildman–Crippen MR) is 86.5 cm³/mol. The van der Waals surface area contributed by atoms with Gasteiger partial charge in [0.25, 0.3) is 0 Å². The standard InChI is InChI=1S/C16H24N4O/c1-19(2)15(21)13-17-16(20-11-7-4-8-12-20)18-14-9-5-3-6-10-14/h3,5-6,9-10H,4,7-8,11-13H2,1-2H3,(H,17,18). The molecule has 0 radical (unpaired) electrons. The summed E-state index contributed by atoms with van der Waals surface area (Å²) in [4.78, 5) is 20.1. The minimum atomic E-state index is 0.0133. The number of para-hydroxylation sites is 1. The fourth-order valence-electron chi connectivity index (χ4n) is 2.26. The Hall–Kier alpha value is -2.04. The highest BCUT2D eigenvalue weighted by molar-refractivity contribution is 5.95. The van der Waals surface area contributed by atoms with Crippen LogP contribution in [0.1, 0.15) is 19.3 Å². The van der Waals surface area contributed by atoms with Gasteiger partial charge in [0.05, 0.1) is 0 Å². The number of guanidine groups is 1. The summed E-state index contributed by atoms with van der Waals surface area (Å²) >= 11 is 0. The number of hydrogen-bond acceptors (Lipinski definition) is 2. The lowest BCUT2D eigenvalue weighted by Gasteiger charge is -2.30. The molecule has 0 unspecified atom stereocenters. The fourth-order valence-corrected chi connectivity index (χ4v) is 2.26. The van der Waals surface area contributed by atoms with Crippen LogP contribution >= 0.6 is 0 Å². The van der Waals surface area contributed by atoms with Crippen LogP contribution in [0.25, 0.3) is 0 Å². The zero-order valence-electron chi connectivity index (χ0n) is 12.9. The maximum Gasteiger partial charge on any atom is 0.243 e. The van der Waals surface area contributed by atoms with Crippen LogP contribution in [0, 0.1) is 0 Å². The van der Waals surface area contributed by atoms with Crippen LogP contribution in [0.5, 0.6) is 0 Å². The van der Waals surface area contributed by atoms with Gasteiger partial charge in [-0.05, 0) is 31.4 Å². The normalized spacial score (nSPS) is 15.7. The first-order valence-electron chi connectivity index (χ1n) is 7.48. The van der Waals surface area contributed by atoms with Gasteiger partial charge in [-0.2, -0.15) is 0 Å². The van der Waals surface area contributed by atoms with Crippen molar-refractivity contribution < 1.29 is 4.79 Å². The fraction of sp³-hybridized carbons (Fsp3) is 0.500. The van der Waals surface area contributed by atoms with Crippen LogP contribution < -0.4 is 5.32 Å². The number of carbonyl (C=O) groups is 1. The van der Waals surface area contributed by atoms with E-state index in [-0.39, 0.29) is 12.5 Å². The molecular formula is C16H24N4O. The minimum Gasteiger partial charge on any atom is -0.347 e. The smallest absolute Gasteiger partial charge is 0.243 e. The van der Waals surface area contributed by atoms with E-state index in [1.807, 2.05) is 30.3 Å². The molecule has 1 aliphatic rings. The molecule has 0 atom stereocenters. The van der Waals surface area contributed by atoms with Gasteiger partial charge in [-0.1, -0.05) is 18.2 Å². The molecule has 1 N–H and O–H groups in total. The summed E-state index contributed by atoms with van der Waals surface area (Å²) in [6, 6.07) is 9.97. The molecule has 114 valence electrons. The minimum absolute atomic E-state index is 0.0133.